The fourth-order valence-electron chi connectivity index (χ4n) is 6.85. The van der Waals surface area contributed by atoms with Crippen LogP contribution in [-0.4, -0.2) is 82.7 Å². The Morgan fingerprint density at radius 2 is 1.60 bits per heavy atom. The number of benzene rings is 3. The molecule has 0 saturated heterocycles. The largest absolute Gasteiger partial charge is 0.508 e. The van der Waals surface area contributed by atoms with Gasteiger partial charge >= 0.3 is 0 Å². The minimum absolute atomic E-state index is 0.0940. The van der Waals surface area contributed by atoms with Gasteiger partial charge in [-0.25, -0.2) is 0 Å². The molecule has 0 spiro atoms. The van der Waals surface area contributed by atoms with Crippen molar-refractivity contribution in [1.29, 1.82) is 0 Å². The van der Waals surface area contributed by atoms with E-state index in [0.717, 1.165) is 22.3 Å². The molecule has 13 nitrogen and oxygen atoms in total. The summed E-state index contributed by atoms with van der Waals surface area (Å²) in [7, 11) is 4.65. The van der Waals surface area contributed by atoms with Crippen LogP contribution >= 0.6 is 0 Å². The Bertz CT molecular complexity index is 1810. The van der Waals surface area contributed by atoms with Crippen LogP contribution in [0, 0.1) is 17.3 Å². The van der Waals surface area contributed by atoms with Crippen LogP contribution in [0.15, 0.2) is 53.7 Å². The Morgan fingerprint density at radius 3 is 2.25 bits per heavy atom. The Hall–Kier alpha value is -5.17. The fraction of sp³-hybridized carbons (Fsp3) is 0.462. The second kappa shape index (κ2) is 14.8. The van der Waals surface area contributed by atoms with Crippen molar-refractivity contribution in [1.82, 2.24) is 10.6 Å². The maximum Gasteiger partial charge on any atom is 0.231 e. The second-order valence-corrected chi connectivity index (χ2v) is 14.5. The lowest BCUT2D eigenvalue weighted by atomic mass is 9.65. The van der Waals surface area contributed by atoms with Crippen LogP contribution in [0.3, 0.4) is 0 Å². The predicted molar refractivity (Wildman–Crippen MR) is 192 cm³/mol. The Balaban J connectivity index is 1.20. The van der Waals surface area contributed by atoms with Crippen LogP contribution in [0.25, 0.3) is 0 Å². The van der Waals surface area contributed by atoms with Gasteiger partial charge in [0.1, 0.15) is 12.4 Å². The number of carbonyl (C=O) groups is 2. The lowest BCUT2D eigenvalue weighted by Crippen LogP contribution is -2.50. The molecule has 0 bridgehead atoms. The SMILES string of the molecule is COc1cc(C2c3cc4c(cc3C3=NOCC3C2C(=O)NCC(C)(C)OCC(C)(C)C(=O)NCCc2ccc(O)cc2)OCO4)cc(OC)c1OC. The molecule has 3 aliphatic rings. The molecule has 3 aromatic carbocycles. The molecule has 0 aromatic heterocycles. The van der Waals surface area contributed by atoms with Crippen LogP contribution in [0.4, 0.5) is 0 Å². The number of ether oxygens (including phenoxy) is 6. The average Bonchev–Trinajstić information content (AvgIpc) is 3.82. The first-order chi connectivity index (χ1) is 24.9. The van der Waals surface area contributed by atoms with E-state index < -0.39 is 22.9 Å². The number of phenols is 1. The molecule has 3 aromatic rings. The first-order valence-corrected chi connectivity index (χ1v) is 17.3. The third-order valence-corrected chi connectivity index (χ3v) is 9.83. The van der Waals surface area contributed by atoms with Crippen LogP contribution < -0.4 is 34.3 Å². The van der Waals surface area contributed by atoms with Gasteiger partial charge < -0.3 is 49.0 Å². The van der Waals surface area contributed by atoms with Crippen molar-refractivity contribution in [3.63, 3.8) is 0 Å². The van der Waals surface area contributed by atoms with Gasteiger partial charge in [-0.1, -0.05) is 17.3 Å². The number of fused-ring (bicyclic) bond motifs is 4. The van der Waals surface area contributed by atoms with Crippen molar-refractivity contribution in [2.24, 2.45) is 22.4 Å². The molecule has 0 radical (unpaired) electrons. The summed E-state index contributed by atoms with van der Waals surface area (Å²) in [5, 5.41) is 20.1. The molecule has 3 unspecified atom stereocenters. The van der Waals surface area contributed by atoms with E-state index in [0.29, 0.717) is 47.4 Å². The van der Waals surface area contributed by atoms with E-state index in [1.165, 1.54) is 0 Å². The average molecular weight is 718 g/mol. The van der Waals surface area contributed by atoms with Gasteiger partial charge in [0, 0.05) is 24.6 Å². The third-order valence-electron chi connectivity index (χ3n) is 9.83. The molecular weight excluding hydrogens is 670 g/mol. The molecule has 2 heterocycles. The molecule has 2 aliphatic heterocycles. The van der Waals surface area contributed by atoms with Gasteiger partial charge in [0.25, 0.3) is 0 Å². The van der Waals surface area contributed by atoms with E-state index in [1.807, 2.05) is 64.1 Å². The molecule has 52 heavy (non-hydrogen) atoms. The second-order valence-electron chi connectivity index (χ2n) is 14.5. The number of nitrogens with one attached hydrogen (secondary N) is 2. The minimum Gasteiger partial charge on any atom is -0.508 e. The van der Waals surface area contributed by atoms with Gasteiger partial charge in [0.2, 0.25) is 24.4 Å². The molecule has 13 heteroatoms. The minimum atomic E-state index is -0.834. The topological polar surface area (TPSA) is 155 Å². The van der Waals surface area contributed by atoms with E-state index in [9.17, 15) is 14.7 Å². The summed E-state index contributed by atoms with van der Waals surface area (Å²) >= 11 is 0. The van der Waals surface area contributed by atoms with Crippen molar-refractivity contribution >= 4 is 17.5 Å². The van der Waals surface area contributed by atoms with Gasteiger partial charge in [0.15, 0.2) is 23.0 Å². The van der Waals surface area contributed by atoms with Crippen molar-refractivity contribution in [2.75, 3.05) is 54.4 Å². The van der Waals surface area contributed by atoms with E-state index in [2.05, 4.69) is 15.8 Å². The summed E-state index contributed by atoms with van der Waals surface area (Å²) < 4.78 is 34.8. The van der Waals surface area contributed by atoms with Gasteiger partial charge in [-0.3, -0.25) is 9.59 Å². The standard InChI is InChI=1S/C39H47N3O10/c1-38(2,37(45)40-13-12-22-8-10-24(43)11-9-22)20-51-39(3,4)19-41-36(44)33-27-18-52-42-34(27)26-17-29-28(49-21-50-29)16-25(26)32(33)23-14-30(46-5)35(48-7)31(15-23)47-6/h8-11,14-17,27,32-33,43H,12-13,18-21H2,1-7H3,(H,40,45)(H,41,44). The number of amides is 2. The van der Waals surface area contributed by atoms with Crippen molar-refractivity contribution in [2.45, 2.75) is 45.6 Å². The predicted octanol–water partition coefficient (Wildman–Crippen LogP) is 4.56. The molecule has 3 N–H and O–H groups in total. The fourth-order valence-corrected chi connectivity index (χ4v) is 6.85. The van der Waals surface area contributed by atoms with Crippen molar-refractivity contribution < 1.29 is 48.0 Å². The molecule has 0 fully saturated rings. The smallest absolute Gasteiger partial charge is 0.231 e. The summed E-state index contributed by atoms with van der Waals surface area (Å²) in [6.07, 6.45) is 0.630. The van der Waals surface area contributed by atoms with Gasteiger partial charge in [0.05, 0.1) is 56.5 Å². The summed E-state index contributed by atoms with van der Waals surface area (Å²) in [5.41, 5.74) is 2.45. The summed E-state index contributed by atoms with van der Waals surface area (Å²) in [6.45, 7) is 8.48. The van der Waals surface area contributed by atoms with E-state index in [1.54, 1.807) is 33.5 Å². The van der Waals surface area contributed by atoms with Crippen molar-refractivity contribution in [3.05, 3.63) is 70.8 Å². The van der Waals surface area contributed by atoms with Crippen LogP contribution in [0.1, 0.15) is 55.9 Å². The quantitative estimate of drug-likeness (QED) is 0.216. The maximum absolute atomic E-state index is 14.5. The lowest BCUT2D eigenvalue weighted by molar-refractivity contribution is -0.138. The highest BCUT2D eigenvalue weighted by Crippen LogP contribution is 2.52. The van der Waals surface area contributed by atoms with E-state index >= 15 is 0 Å². The normalized spacial score (nSPS) is 18.8. The molecule has 3 atom stereocenters. The zero-order valence-corrected chi connectivity index (χ0v) is 30.7. The Labute approximate surface area is 303 Å². The highest BCUT2D eigenvalue weighted by Gasteiger charge is 2.49. The highest BCUT2D eigenvalue weighted by atomic mass is 16.7. The lowest BCUT2D eigenvalue weighted by Gasteiger charge is -2.38. The Morgan fingerprint density at radius 1 is 0.923 bits per heavy atom. The monoisotopic (exact) mass is 717 g/mol. The summed E-state index contributed by atoms with van der Waals surface area (Å²) in [4.78, 5) is 33.3. The van der Waals surface area contributed by atoms with E-state index in [4.69, 9.17) is 33.3 Å². The van der Waals surface area contributed by atoms with Gasteiger partial charge in [-0.05, 0) is 87.2 Å². The number of aromatic hydroxyl groups is 1. The molecule has 0 saturated carbocycles. The van der Waals surface area contributed by atoms with Crippen LogP contribution in [0.2, 0.25) is 0 Å². The van der Waals surface area contributed by atoms with Gasteiger partial charge in [-0.2, -0.15) is 0 Å². The van der Waals surface area contributed by atoms with Crippen molar-refractivity contribution in [3.8, 4) is 34.5 Å². The number of hydrogen-bond donors (Lipinski definition) is 3. The van der Waals surface area contributed by atoms with Crippen LogP contribution in [-0.2, 0) is 25.6 Å². The Kier molecular flexibility index (Phi) is 10.4. The van der Waals surface area contributed by atoms with Crippen LogP contribution in [0.5, 0.6) is 34.5 Å². The third kappa shape index (κ3) is 7.41. The summed E-state index contributed by atoms with van der Waals surface area (Å²) in [5.74, 6) is 0.876. The highest BCUT2D eigenvalue weighted by molar-refractivity contribution is 6.08. The zero-order valence-electron chi connectivity index (χ0n) is 30.7. The maximum atomic E-state index is 14.5. The summed E-state index contributed by atoms with van der Waals surface area (Å²) in [6, 6.07) is 14.4. The first-order valence-electron chi connectivity index (χ1n) is 17.3. The molecule has 6 rings (SSSR count). The molecule has 278 valence electrons. The molecular formula is C39H47N3O10. The van der Waals surface area contributed by atoms with E-state index in [-0.39, 0.29) is 50.0 Å². The van der Waals surface area contributed by atoms with Gasteiger partial charge in [-0.15, -0.1) is 0 Å². The number of phenolic OH excluding ortho intramolecular Hbond substituents is 1. The number of oxime groups is 1. The number of rotatable bonds is 14. The number of carbonyl (C=O) groups excluding carboxylic acids is 2. The number of methoxy groups -OCH3 is 3. The number of hydrogen-bond acceptors (Lipinski definition) is 11. The molecule has 2 amide bonds. The first kappa shape index (κ1) is 36.6. The zero-order chi connectivity index (χ0) is 37.2. The number of nitrogens with zero attached hydrogens (tertiary/aromatic N) is 1. The molecule has 1 aliphatic carbocycles.